The monoisotopic (exact) mass is 373 g/mol. The molecule has 1 saturated heterocycles. The summed E-state index contributed by atoms with van der Waals surface area (Å²) in [6, 6.07) is 2.95. The molecule has 7 heteroatoms. The summed E-state index contributed by atoms with van der Waals surface area (Å²) in [6.45, 7) is 6.11. The predicted molar refractivity (Wildman–Crippen MR) is 92.7 cm³/mol. The molecule has 2 aliphatic rings. The molecule has 5 nitrogen and oxygen atoms in total. The molecule has 3 rings (SSSR count). The fraction of sp³-hybridized carbons (Fsp3) is 0.647. The Hall–Kier alpha value is -1.20. The highest BCUT2D eigenvalue weighted by atomic mass is 35.5. The van der Waals surface area contributed by atoms with E-state index in [-0.39, 0.29) is 17.8 Å². The maximum Gasteiger partial charge on any atom is 0.410 e. The van der Waals surface area contributed by atoms with Gasteiger partial charge in [-0.3, -0.25) is 0 Å². The molecule has 1 aromatic rings. The number of carbonyl (C=O) groups excluding carboxylic acids is 1. The second-order valence-electron chi connectivity index (χ2n) is 7.31. The van der Waals surface area contributed by atoms with E-state index in [9.17, 15) is 4.79 Å². The summed E-state index contributed by atoms with van der Waals surface area (Å²) < 4.78 is 19.6. The predicted octanol–water partition coefficient (Wildman–Crippen LogP) is 4.41. The maximum atomic E-state index is 12.6. The molecule has 1 saturated carbocycles. The van der Waals surface area contributed by atoms with Crippen molar-refractivity contribution in [3.05, 3.63) is 22.3 Å². The molecular weight excluding hydrogens is 351 g/mol. The molecule has 0 radical (unpaired) electrons. The van der Waals surface area contributed by atoms with Gasteiger partial charge in [0.05, 0.1) is 6.04 Å². The summed E-state index contributed by atoms with van der Waals surface area (Å²) in [6.07, 6.45) is 1.12. The van der Waals surface area contributed by atoms with Gasteiger partial charge in [0.15, 0.2) is 0 Å². The number of hydrogen-bond donors (Lipinski definition) is 0. The van der Waals surface area contributed by atoms with Crippen LogP contribution in [0.1, 0.15) is 35.0 Å². The van der Waals surface area contributed by atoms with Crippen molar-refractivity contribution in [3.63, 3.8) is 0 Å². The van der Waals surface area contributed by atoms with Crippen molar-refractivity contribution in [1.29, 1.82) is 0 Å². The molecule has 0 spiro atoms. The smallest absolute Gasteiger partial charge is 0.410 e. The molecule has 1 aliphatic heterocycles. The van der Waals surface area contributed by atoms with E-state index >= 15 is 0 Å². The number of aromatic nitrogens is 1. The van der Waals surface area contributed by atoms with Gasteiger partial charge >= 0.3 is 6.09 Å². The third-order valence-corrected chi connectivity index (χ3v) is 4.50. The van der Waals surface area contributed by atoms with Crippen molar-refractivity contribution in [3.8, 4) is 5.88 Å². The Labute approximate surface area is 153 Å². The number of fused-ring (bicyclic) bond motifs is 1. The molecule has 2 fully saturated rings. The van der Waals surface area contributed by atoms with E-state index in [1.165, 1.54) is 6.07 Å². The van der Waals surface area contributed by atoms with E-state index in [4.69, 9.17) is 34.0 Å². The number of ether oxygens (including phenoxy) is 2. The van der Waals surface area contributed by atoms with Crippen LogP contribution in [0.4, 0.5) is 4.79 Å². The number of nitrogens with zero attached hydrogens (tertiary/aromatic N) is 2. The van der Waals surface area contributed by atoms with Gasteiger partial charge in [-0.25, -0.2) is 9.78 Å². The summed E-state index contributed by atoms with van der Waals surface area (Å²) in [4.78, 5) is 18.3. The van der Waals surface area contributed by atoms with E-state index < -0.39 is 17.6 Å². The molecule has 2 heterocycles. The van der Waals surface area contributed by atoms with Gasteiger partial charge in [-0.1, -0.05) is 23.2 Å². The molecule has 3 atom stereocenters. The molecule has 24 heavy (non-hydrogen) atoms. The van der Waals surface area contributed by atoms with Gasteiger partial charge < -0.3 is 14.4 Å². The number of piperidine rings is 1. The van der Waals surface area contributed by atoms with Crippen LogP contribution in [-0.2, 0) is 4.74 Å². The number of amides is 1. The molecule has 132 valence electrons. The zero-order chi connectivity index (χ0) is 18.4. The van der Waals surface area contributed by atoms with Crippen molar-refractivity contribution < 1.29 is 15.6 Å². The minimum Gasteiger partial charge on any atom is -0.475 e. The van der Waals surface area contributed by atoms with Crippen molar-refractivity contribution in [1.82, 2.24) is 9.88 Å². The van der Waals surface area contributed by atoms with Gasteiger partial charge in [0.2, 0.25) is 5.88 Å². The molecular formula is C17H22Cl2N2O3. The first kappa shape index (κ1) is 16.3. The van der Waals surface area contributed by atoms with E-state index in [2.05, 4.69) is 4.98 Å². The minimum absolute atomic E-state index is 0.166. The Balaban J connectivity index is 1.69. The largest absolute Gasteiger partial charge is 0.475 e. The molecule has 0 unspecified atom stereocenters. The van der Waals surface area contributed by atoms with Crippen molar-refractivity contribution in [2.24, 2.45) is 11.8 Å². The summed E-state index contributed by atoms with van der Waals surface area (Å²) >= 11 is 11.8. The third-order valence-electron chi connectivity index (χ3n) is 4.08. The van der Waals surface area contributed by atoms with Crippen LogP contribution in [0.5, 0.6) is 5.88 Å². The lowest BCUT2D eigenvalue weighted by Crippen LogP contribution is -2.49. The average Bonchev–Trinajstić information content (AvgIpc) is 3.11. The molecule has 1 aliphatic carbocycles. The number of hydrogen-bond acceptors (Lipinski definition) is 4. The maximum absolute atomic E-state index is 12.6. The summed E-state index contributed by atoms with van der Waals surface area (Å²) in [7, 11) is 0. The van der Waals surface area contributed by atoms with Crippen LogP contribution in [0.3, 0.4) is 0 Å². The lowest BCUT2D eigenvalue weighted by molar-refractivity contribution is 0.00201. The van der Waals surface area contributed by atoms with E-state index in [1.807, 2.05) is 20.8 Å². The van der Waals surface area contributed by atoms with Crippen LogP contribution < -0.4 is 4.74 Å². The SMILES string of the molecule is [2H][C@]12C[C@H]1C[C@@H](COc1cc(Cl)cc(Cl)n1)N(C(=O)OC(C)(C)C)C2. The van der Waals surface area contributed by atoms with Gasteiger partial charge in [-0.15, -0.1) is 0 Å². The summed E-state index contributed by atoms with van der Waals surface area (Å²) in [5.41, 5.74) is -0.583. The Kier molecular flexibility index (Phi) is 4.48. The fourth-order valence-corrected chi connectivity index (χ4v) is 3.35. The zero-order valence-corrected chi connectivity index (χ0v) is 15.5. The first-order valence-corrected chi connectivity index (χ1v) is 8.77. The van der Waals surface area contributed by atoms with Crippen LogP contribution in [0.25, 0.3) is 0 Å². The van der Waals surface area contributed by atoms with E-state index in [1.54, 1.807) is 11.0 Å². The number of halogens is 2. The second kappa shape index (κ2) is 6.60. The van der Waals surface area contributed by atoms with E-state index in [0.717, 1.165) is 12.8 Å². The molecule has 0 bridgehead atoms. The first-order valence-electron chi connectivity index (χ1n) is 8.51. The topological polar surface area (TPSA) is 51.7 Å². The van der Waals surface area contributed by atoms with E-state index in [0.29, 0.717) is 23.4 Å². The summed E-state index contributed by atoms with van der Waals surface area (Å²) in [5, 5.41) is 0.692. The quantitative estimate of drug-likeness (QED) is 0.736. The number of likely N-dealkylation sites (tertiary alicyclic amines) is 1. The Morgan fingerprint density at radius 1 is 1.42 bits per heavy atom. The molecule has 1 aromatic heterocycles. The summed E-state index contributed by atoms with van der Waals surface area (Å²) in [5.74, 6) is 0.0845. The van der Waals surface area contributed by atoms with Crippen LogP contribution in [0.15, 0.2) is 12.1 Å². The number of rotatable bonds is 3. The molecule has 1 amide bonds. The van der Waals surface area contributed by atoms with Crippen molar-refractivity contribution >= 4 is 29.3 Å². The second-order valence-corrected chi connectivity index (χ2v) is 8.14. The average molecular weight is 374 g/mol. The molecule has 0 aromatic carbocycles. The van der Waals surface area contributed by atoms with Crippen LogP contribution in [0.2, 0.25) is 10.2 Å². The van der Waals surface area contributed by atoms with Gasteiger partial charge in [0, 0.05) is 19.0 Å². The number of carbonyl (C=O) groups is 1. The zero-order valence-electron chi connectivity index (χ0n) is 15.0. The standard InChI is InChI=1S/C17H22Cl2N2O3/c1-17(2,3)24-16(22)21-8-11-4-10(11)5-13(21)9-23-15-7-12(18)6-14(19)20-15/h6-7,10-11,13H,4-5,8-9H2,1-3H3/t10-,11+,13-/m0/s1/i11D. The lowest BCUT2D eigenvalue weighted by Gasteiger charge is -2.36. The Bertz CT molecular complexity index is 662. The molecule has 0 N–H and O–H groups in total. The Morgan fingerprint density at radius 2 is 2.17 bits per heavy atom. The van der Waals surface area contributed by atoms with Gasteiger partial charge in [0.1, 0.15) is 17.4 Å². The van der Waals surface area contributed by atoms with Crippen molar-refractivity contribution in [2.45, 2.75) is 45.3 Å². The van der Waals surface area contributed by atoms with Gasteiger partial charge in [-0.05, 0) is 51.5 Å². The van der Waals surface area contributed by atoms with Crippen LogP contribution in [-0.4, -0.2) is 40.8 Å². The fourth-order valence-electron chi connectivity index (χ4n) is 2.90. The highest BCUT2D eigenvalue weighted by molar-refractivity contribution is 6.34. The Morgan fingerprint density at radius 3 is 2.83 bits per heavy atom. The lowest BCUT2D eigenvalue weighted by atomic mass is 10.0. The van der Waals surface area contributed by atoms with Crippen LogP contribution in [0, 0.1) is 11.8 Å². The van der Waals surface area contributed by atoms with Crippen LogP contribution >= 0.6 is 23.2 Å². The first-order chi connectivity index (χ1) is 11.6. The van der Waals surface area contributed by atoms with Crippen molar-refractivity contribution in [2.75, 3.05) is 13.2 Å². The van der Waals surface area contributed by atoms with Gasteiger partial charge in [-0.2, -0.15) is 0 Å². The third kappa shape index (κ3) is 4.45. The minimum atomic E-state index is -0.583. The highest BCUT2D eigenvalue weighted by Gasteiger charge is 2.48. The highest BCUT2D eigenvalue weighted by Crippen LogP contribution is 2.47. The van der Waals surface area contributed by atoms with Gasteiger partial charge in [0.25, 0.3) is 0 Å². The number of pyridine rings is 1. The normalized spacial score (nSPS) is 29.5.